The minimum atomic E-state index is -5.08. The molecule has 0 saturated carbocycles. The van der Waals surface area contributed by atoms with Gasteiger partial charge in [0.05, 0.1) is 6.07 Å². The van der Waals surface area contributed by atoms with E-state index < -0.39 is 73.1 Å². The van der Waals surface area contributed by atoms with Crippen molar-refractivity contribution in [3.8, 4) is 6.07 Å². The van der Waals surface area contributed by atoms with Crippen molar-refractivity contribution >= 4 is 71.5 Å². The van der Waals surface area contributed by atoms with Gasteiger partial charge in [0.15, 0.2) is 11.6 Å². The van der Waals surface area contributed by atoms with E-state index in [9.17, 15) is 51.0 Å². The van der Waals surface area contributed by atoms with Crippen LogP contribution in [0.4, 0.5) is 16.9 Å². The summed E-state index contributed by atoms with van der Waals surface area (Å²) in [4.78, 5) is 20.8. The fourth-order valence-electron chi connectivity index (χ4n) is 0.853. The fraction of sp³-hybridized carbons (Fsp3) is 0.625. The summed E-state index contributed by atoms with van der Waals surface area (Å²) < 4.78 is 119. The number of nitriles is 1. The summed E-state index contributed by atoms with van der Waals surface area (Å²) >= 11 is 0. The van der Waals surface area contributed by atoms with Crippen molar-refractivity contribution < 1.29 is 113 Å². The van der Waals surface area contributed by atoms with Gasteiger partial charge in [0.1, 0.15) is 23.0 Å². The van der Waals surface area contributed by atoms with Crippen LogP contribution in [0.2, 0.25) is 0 Å². The first kappa shape index (κ1) is 40.9. The van der Waals surface area contributed by atoms with E-state index in [0.29, 0.717) is 0 Å². The molecule has 11 nitrogen and oxygen atoms in total. The summed E-state index contributed by atoms with van der Waals surface area (Å²) in [5.74, 6) is -7.88. The SMILES string of the molecule is CC#N.FF.O=C(CS(=O)(=O)Cl)CS(=O)(=O)Cl.O=C(CS(=O)(=O)F)CS(=O)(=O)F.[H-].[K+]. The first-order valence-electron chi connectivity index (χ1n) is 5.79. The van der Waals surface area contributed by atoms with Crippen LogP contribution in [0.15, 0.2) is 0 Å². The second kappa shape index (κ2) is 19.1. The molecule has 0 aromatic carbocycles. The number of ketones is 2. The second-order valence-corrected chi connectivity index (χ2v) is 12.3. The molecule has 0 radical (unpaired) electrons. The zero-order valence-electron chi connectivity index (χ0n) is 15.8. The molecule has 0 aliphatic rings. The Morgan fingerprint density at radius 1 is 0.767 bits per heavy atom. The van der Waals surface area contributed by atoms with Gasteiger partial charge in [0, 0.05) is 37.4 Å². The van der Waals surface area contributed by atoms with Crippen molar-refractivity contribution in [2.24, 2.45) is 0 Å². The Morgan fingerprint density at radius 3 is 1.07 bits per heavy atom. The quantitative estimate of drug-likeness (QED) is 0.161. The number of Topliss-reactive ketones (excluding diaryl/α,β-unsaturated/α-hetero) is 2. The molecule has 0 aromatic rings. The third-order valence-electron chi connectivity index (χ3n) is 1.33. The van der Waals surface area contributed by atoms with Crippen LogP contribution in [0.1, 0.15) is 8.35 Å². The van der Waals surface area contributed by atoms with E-state index in [1.807, 2.05) is 0 Å². The molecule has 30 heavy (non-hydrogen) atoms. The van der Waals surface area contributed by atoms with Gasteiger partial charge in [0.2, 0.25) is 18.1 Å². The average molecular weight is 596 g/mol. The molecule has 0 aliphatic carbocycles. The maximum Gasteiger partial charge on any atom is 1.00 e. The third-order valence-corrected chi connectivity index (χ3v) is 4.66. The van der Waals surface area contributed by atoms with E-state index in [1.54, 1.807) is 6.07 Å². The molecule has 0 aromatic heterocycles. The predicted octanol–water partition coefficient (Wildman–Crippen LogP) is -2.67. The Hall–Kier alpha value is 0.566. The topological polar surface area (TPSA) is 194 Å². The Bertz CT molecular complexity index is 851. The molecule has 0 fully saturated rings. The normalized spacial score (nSPS) is 10.7. The smallest absolute Gasteiger partial charge is 1.00 e. The molecule has 0 amide bonds. The number of hydrogen-bond donors (Lipinski definition) is 0. The molecule has 0 unspecified atom stereocenters. The monoisotopic (exact) mass is 595 g/mol. The number of rotatable bonds is 8. The summed E-state index contributed by atoms with van der Waals surface area (Å²) in [6, 6.07) is 1.75. The van der Waals surface area contributed by atoms with Crippen LogP contribution >= 0.6 is 21.4 Å². The molecule has 22 heteroatoms. The molecule has 0 atom stereocenters. The van der Waals surface area contributed by atoms with E-state index in [-0.39, 0.29) is 52.8 Å². The zero-order chi connectivity index (χ0) is 24.7. The Balaban J connectivity index is -0.0000000790. The Labute approximate surface area is 223 Å². The third kappa shape index (κ3) is 51.3. The molecule has 0 spiro atoms. The number of carbonyl (C=O) groups excluding carboxylic acids is 2. The molecule has 0 rings (SSSR count). The van der Waals surface area contributed by atoms with E-state index in [2.05, 4.69) is 21.4 Å². The minimum Gasteiger partial charge on any atom is -1.00 e. The van der Waals surface area contributed by atoms with Crippen molar-refractivity contribution in [2.75, 3.05) is 23.0 Å². The molecular weight excluding hydrogens is 584 g/mol. The fourth-order valence-corrected chi connectivity index (χ4v) is 3.79. The van der Waals surface area contributed by atoms with Crippen LogP contribution < -0.4 is 51.4 Å². The molecule has 0 saturated heterocycles. The maximum absolute atomic E-state index is 11.6. The van der Waals surface area contributed by atoms with Crippen LogP contribution in [0, 0.1) is 11.3 Å². The number of hydrogen-bond acceptors (Lipinski definition) is 11. The first-order valence-corrected chi connectivity index (χ1v) is 13.9. The van der Waals surface area contributed by atoms with E-state index in [0.717, 1.165) is 0 Å². The summed E-state index contributed by atoms with van der Waals surface area (Å²) in [5.41, 5.74) is 0. The summed E-state index contributed by atoms with van der Waals surface area (Å²) in [6.45, 7) is 1.43. The van der Waals surface area contributed by atoms with Crippen LogP contribution in [0.5, 0.6) is 0 Å². The van der Waals surface area contributed by atoms with Gasteiger partial charge in [-0.3, -0.25) is 9.59 Å². The van der Waals surface area contributed by atoms with Gasteiger partial charge in [-0.1, -0.05) is 0 Å². The maximum atomic E-state index is 11.6. The van der Waals surface area contributed by atoms with Gasteiger partial charge in [0.25, 0.3) is 0 Å². The van der Waals surface area contributed by atoms with Crippen LogP contribution in [-0.4, -0.2) is 68.2 Å². The van der Waals surface area contributed by atoms with Crippen molar-refractivity contribution in [1.29, 1.82) is 5.26 Å². The van der Waals surface area contributed by atoms with E-state index in [4.69, 9.17) is 14.4 Å². The van der Waals surface area contributed by atoms with Gasteiger partial charge in [-0.05, 0) is 0 Å². The number of halogens is 6. The summed E-state index contributed by atoms with van der Waals surface area (Å²) in [5, 5.41) is 7.32. The van der Waals surface area contributed by atoms with Crippen LogP contribution in [0.3, 0.4) is 0 Å². The van der Waals surface area contributed by atoms with Crippen LogP contribution in [-0.2, 0) is 48.1 Å². The molecule has 0 bridgehead atoms. The van der Waals surface area contributed by atoms with Crippen LogP contribution in [0.25, 0.3) is 0 Å². The summed E-state index contributed by atoms with van der Waals surface area (Å²) in [6.07, 6.45) is 0. The molecular formula is C8H12Cl2F4KNO10S4. The second-order valence-electron chi connectivity index (χ2n) is 4.03. The summed E-state index contributed by atoms with van der Waals surface area (Å²) in [7, 11) is -8.80. The Kier molecular flexibility index (Phi) is 26.0. The minimum absolute atomic E-state index is 0. The van der Waals surface area contributed by atoms with E-state index >= 15 is 0 Å². The van der Waals surface area contributed by atoms with Gasteiger partial charge in [-0.15, -0.1) is 7.77 Å². The molecule has 0 N–H and O–H groups in total. The van der Waals surface area contributed by atoms with E-state index in [1.165, 1.54) is 6.92 Å². The van der Waals surface area contributed by atoms with Crippen molar-refractivity contribution in [3.05, 3.63) is 0 Å². The van der Waals surface area contributed by atoms with Crippen molar-refractivity contribution in [1.82, 2.24) is 0 Å². The van der Waals surface area contributed by atoms with Gasteiger partial charge in [-0.25, -0.2) is 16.8 Å². The number of carbonyl (C=O) groups is 2. The average Bonchev–Trinajstić information content (AvgIpc) is 2.32. The standard InChI is InChI=1S/C3H4Cl2O5S2.C3H4F2O5S2.C2H3N.F2.K.H/c2*4-11(7,8)1-3(6)2-12(5,9)10;1-2-3;1-2;;/h2*1-2H2;1H3;;;/q;;;;+1;-1. The number of nitrogens with zero attached hydrogens (tertiary/aromatic N) is 1. The Morgan fingerprint density at radius 2 is 0.933 bits per heavy atom. The van der Waals surface area contributed by atoms with Gasteiger partial charge >= 0.3 is 71.8 Å². The predicted molar refractivity (Wildman–Crippen MR) is 93.7 cm³/mol. The van der Waals surface area contributed by atoms with Crippen molar-refractivity contribution in [3.63, 3.8) is 0 Å². The van der Waals surface area contributed by atoms with Crippen molar-refractivity contribution in [2.45, 2.75) is 6.92 Å². The first-order chi connectivity index (χ1) is 12.6. The molecule has 176 valence electrons. The van der Waals surface area contributed by atoms with Gasteiger partial charge < -0.3 is 1.43 Å². The molecule has 0 aliphatic heterocycles. The molecule has 0 heterocycles. The zero-order valence-corrected chi connectivity index (χ0v) is 22.7. The van der Waals surface area contributed by atoms with Gasteiger partial charge in [-0.2, -0.15) is 22.1 Å². The largest absolute Gasteiger partial charge is 1.00 e.